The molecule has 0 aliphatic heterocycles. The van der Waals surface area contributed by atoms with E-state index >= 15 is 0 Å². The van der Waals surface area contributed by atoms with Gasteiger partial charge in [-0.25, -0.2) is 0 Å². The minimum atomic E-state index is -4.62. The van der Waals surface area contributed by atoms with E-state index in [1.807, 2.05) is 12.1 Å². The molecule has 1 nitrogen and oxygen atoms in total. The van der Waals surface area contributed by atoms with Gasteiger partial charge in [0.1, 0.15) is 5.75 Å². The minimum absolute atomic E-state index is 0.0106. The Morgan fingerprint density at radius 2 is 1.46 bits per heavy atom. The van der Waals surface area contributed by atoms with Gasteiger partial charge in [-0.3, -0.25) is 0 Å². The van der Waals surface area contributed by atoms with E-state index in [2.05, 4.69) is 11.7 Å². The third kappa shape index (κ3) is 5.17. The summed E-state index contributed by atoms with van der Waals surface area (Å²) in [6, 6.07) is 6.69. The lowest BCUT2D eigenvalue weighted by Crippen LogP contribution is -2.26. The fourth-order valence-corrected chi connectivity index (χ4v) is 5.29. The predicted molar refractivity (Wildman–Crippen MR) is 98.2 cm³/mol. The van der Waals surface area contributed by atoms with Crippen molar-refractivity contribution in [3.8, 4) is 5.75 Å². The molecule has 0 aromatic heterocycles. The molecule has 2 aliphatic carbocycles. The first kappa shape index (κ1) is 19.6. The molecule has 146 valence electrons. The van der Waals surface area contributed by atoms with Gasteiger partial charge in [0, 0.05) is 0 Å². The van der Waals surface area contributed by atoms with Crippen LogP contribution in [0.1, 0.15) is 82.6 Å². The summed E-state index contributed by atoms with van der Waals surface area (Å²) in [5.74, 6) is 2.72. The number of ether oxygens (including phenoxy) is 1. The average molecular weight is 368 g/mol. The van der Waals surface area contributed by atoms with Gasteiger partial charge in [-0.05, 0) is 73.8 Å². The largest absolute Gasteiger partial charge is 0.573 e. The molecule has 26 heavy (non-hydrogen) atoms. The summed E-state index contributed by atoms with van der Waals surface area (Å²) in [4.78, 5) is 0. The molecule has 0 amide bonds. The van der Waals surface area contributed by atoms with E-state index in [1.54, 1.807) is 6.07 Å². The van der Waals surface area contributed by atoms with Crippen molar-refractivity contribution in [1.82, 2.24) is 0 Å². The number of alkyl halides is 3. The van der Waals surface area contributed by atoms with E-state index in [4.69, 9.17) is 0 Å². The molecule has 0 saturated heterocycles. The van der Waals surface area contributed by atoms with Crippen molar-refractivity contribution in [3.63, 3.8) is 0 Å². The Morgan fingerprint density at radius 3 is 2.04 bits per heavy atom. The van der Waals surface area contributed by atoms with Crippen LogP contribution in [-0.4, -0.2) is 6.36 Å². The molecule has 1 aromatic carbocycles. The smallest absolute Gasteiger partial charge is 0.405 e. The lowest BCUT2D eigenvalue weighted by Gasteiger charge is -2.38. The van der Waals surface area contributed by atoms with Crippen LogP contribution in [0.25, 0.3) is 0 Å². The van der Waals surface area contributed by atoms with Gasteiger partial charge in [0.05, 0.1) is 0 Å². The second-order valence-corrected chi connectivity index (χ2v) is 8.27. The van der Waals surface area contributed by atoms with Crippen LogP contribution in [0.3, 0.4) is 0 Å². The van der Waals surface area contributed by atoms with Crippen molar-refractivity contribution in [2.45, 2.75) is 83.4 Å². The summed E-state index contributed by atoms with van der Waals surface area (Å²) in [6.45, 7) is 2.27. The molecular weight excluding hydrogens is 337 g/mol. The Hall–Kier alpha value is -1.19. The molecule has 0 radical (unpaired) electrons. The second kappa shape index (κ2) is 8.67. The summed E-state index contributed by atoms with van der Waals surface area (Å²) in [6.07, 6.45) is 7.76. The number of hydrogen-bond donors (Lipinski definition) is 0. The maximum Gasteiger partial charge on any atom is 0.573 e. The molecule has 2 saturated carbocycles. The zero-order valence-electron chi connectivity index (χ0n) is 15.7. The number of rotatable bonds is 5. The van der Waals surface area contributed by atoms with Gasteiger partial charge in [-0.2, -0.15) is 0 Å². The van der Waals surface area contributed by atoms with E-state index in [-0.39, 0.29) is 11.7 Å². The van der Waals surface area contributed by atoms with Crippen molar-refractivity contribution in [2.24, 2.45) is 17.8 Å². The Bertz CT molecular complexity index is 553. The van der Waals surface area contributed by atoms with Crippen molar-refractivity contribution < 1.29 is 17.9 Å². The molecule has 0 N–H and O–H groups in total. The van der Waals surface area contributed by atoms with Crippen LogP contribution in [0.15, 0.2) is 24.3 Å². The molecule has 2 fully saturated rings. The van der Waals surface area contributed by atoms with Crippen LogP contribution >= 0.6 is 0 Å². The number of halogens is 3. The summed E-state index contributed by atoms with van der Waals surface area (Å²) in [7, 11) is 0. The first-order valence-electron chi connectivity index (χ1n) is 10.3. The van der Waals surface area contributed by atoms with E-state index in [1.165, 1.54) is 44.6 Å². The highest BCUT2D eigenvalue weighted by atomic mass is 19.4. The lowest BCUT2D eigenvalue weighted by molar-refractivity contribution is -0.275. The number of para-hydroxylation sites is 1. The second-order valence-electron chi connectivity index (χ2n) is 8.27. The first-order chi connectivity index (χ1) is 12.5. The van der Waals surface area contributed by atoms with Gasteiger partial charge >= 0.3 is 6.36 Å². The van der Waals surface area contributed by atoms with Crippen LogP contribution in [0.4, 0.5) is 13.2 Å². The maximum absolute atomic E-state index is 12.7. The van der Waals surface area contributed by atoms with Gasteiger partial charge in [0.2, 0.25) is 0 Å². The van der Waals surface area contributed by atoms with Crippen molar-refractivity contribution in [3.05, 3.63) is 29.8 Å². The molecule has 4 heteroatoms. The number of benzene rings is 1. The van der Waals surface area contributed by atoms with Gasteiger partial charge in [-0.1, -0.05) is 50.8 Å². The van der Waals surface area contributed by atoms with Gasteiger partial charge in [0.25, 0.3) is 0 Å². The summed E-state index contributed by atoms with van der Waals surface area (Å²) in [5, 5.41) is 0. The highest BCUT2D eigenvalue weighted by Crippen LogP contribution is 2.46. The van der Waals surface area contributed by atoms with E-state index in [9.17, 15) is 13.2 Å². The lowest BCUT2D eigenvalue weighted by atomic mass is 9.68. The quantitative estimate of drug-likeness (QED) is 0.524. The van der Waals surface area contributed by atoms with E-state index in [0.29, 0.717) is 0 Å². The minimum Gasteiger partial charge on any atom is -0.405 e. The zero-order chi connectivity index (χ0) is 18.6. The standard InChI is InChI=1S/C22H31F3O/c1-2-5-16-8-10-17(11-9-16)18-12-14-19(15-13-18)20-6-3-4-7-21(20)26-22(23,24)25/h3-4,6-7,16-19H,2,5,8-15H2,1H3/t16-,17-,18-,19-. The molecular formula is C22H31F3O. The van der Waals surface area contributed by atoms with Gasteiger partial charge in [0.15, 0.2) is 0 Å². The fourth-order valence-electron chi connectivity index (χ4n) is 5.29. The molecule has 2 aliphatic rings. The average Bonchev–Trinajstić information content (AvgIpc) is 2.62. The fraction of sp³-hybridized carbons (Fsp3) is 0.727. The Labute approximate surface area is 155 Å². The van der Waals surface area contributed by atoms with Crippen molar-refractivity contribution in [1.29, 1.82) is 0 Å². The molecule has 0 atom stereocenters. The Morgan fingerprint density at radius 1 is 0.885 bits per heavy atom. The topological polar surface area (TPSA) is 9.23 Å². The summed E-state index contributed by atoms with van der Waals surface area (Å²) in [5.41, 5.74) is 0.731. The monoisotopic (exact) mass is 368 g/mol. The number of hydrogen-bond acceptors (Lipinski definition) is 1. The summed E-state index contributed by atoms with van der Waals surface area (Å²) < 4.78 is 42.2. The van der Waals surface area contributed by atoms with Crippen LogP contribution in [-0.2, 0) is 0 Å². The van der Waals surface area contributed by atoms with E-state index < -0.39 is 6.36 Å². The molecule has 0 spiro atoms. The van der Waals surface area contributed by atoms with Crippen LogP contribution in [0.5, 0.6) is 5.75 Å². The molecule has 0 bridgehead atoms. The third-order valence-corrected chi connectivity index (χ3v) is 6.61. The van der Waals surface area contributed by atoms with E-state index in [0.717, 1.165) is 49.0 Å². The van der Waals surface area contributed by atoms with Crippen LogP contribution < -0.4 is 4.74 Å². The van der Waals surface area contributed by atoms with Crippen LogP contribution in [0, 0.1) is 17.8 Å². The predicted octanol–water partition coefficient (Wildman–Crippen LogP) is 7.47. The highest BCUT2D eigenvalue weighted by molar-refractivity contribution is 5.36. The van der Waals surface area contributed by atoms with Crippen LogP contribution in [0.2, 0.25) is 0 Å². The maximum atomic E-state index is 12.7. The third-order valence-electron chi connectivity index (χ3n) is 6.61. The van der Waals surface area contributed by atoms with Gasteiger partial charge < -0.3 is 4.74 Å². The first-order valence-corrected chi connectivity index (χ1v) is 10.3. The van der Waals surface area contributed by atoms with Gasteiger partial charge in [-0.15, -0.1) is 13.2 Å². The zero-order valence-corrected chi connectivity index (χ0v) is 15.7. The Kier molecular flexibility index (Phi) is 6.52. The van der Waals surface area contributed by atoms with Crippen molar-refractivity contribution in [2.75, 3.05) is 0 Å². The SMILES string of the molecule is CCC[C@H]1CC[C@H]([C@H]2CC[C@H](c3ccccc3OC(F)(F)F)CC2)CC1. The molecule has 1 aromatic rings. The Balaban J connectivity index is 1.55. The highest BCUT2D eigenvalue weighted by Gasteiger charge is 2.35. The summed E-state index contributed by atoms with van der Waals surface area (Å²) >= 11 is 0. The molecule has 0 heterocycles. The molecule has 0 unspecified atom stereocenters. The normalized spacial score (nSPS) is 30.2. The molecule has 3 rings (SSSR count). The van der Waals surface area contributed by atoms with Crippen molar-refractivity contribution >= 4 is 0 Å².